The molecule has 0 bridgehead atoms. The van der Waals surface area contributed by atoms with E-state index in [1.54, 1.807) is 24.3 Å². The Morgan fingerprint density at radius 2 is 1.85 bits per heavy atom. The molecule has 3 heterocycles. The lowest BCUT2D eigenvalue weighted by Crippen LogP contribution is -2.51. The Morgan fingerprint density at radius 3 is 2.45 bits per heavy atom. The highest BCUT2D eigenvalue weighted by Crippen LogP contribution is 2.36. The highest BCUT2D eigenvalue weighted by atomic mass is 32.2. The Balaban J connectivity index is 1.51. The highest BCUT2D eigenvalue weighted by Gasteiger charge is 2.42. The van der Waals surface area contributed by atoms with E-state index in [2.05, 4.69) is 10.6 Å². The molecule has 0 spiro atoms. The monoisotopic (exact) mass is 473 g/mol. The predicted molar refractivity (Wildman–Crippen MR) is 120 cm³/mol. The van der Waals surface area contributed by atoms with Gasteiger partial charge in [-0.25, -0.2) is 8.42 Å². The number of nitrogens with one attached hydrogen (secondary N) is 2. The maximum absolute atomic E-state index is 12.8. The van der Waals surface area contributed by atoms with Crippen LogP contribution in [0.5, 0.6) is 0 Å². The van der Waals surface area contributed by atoms with Crippen LogP contribution in [0.1, 0.15) is 60.9 Å². The van der Waals surface area contributed by atoms with Crippen molar-refractivity contribution in [3.05, 3.63) is 47.4 Å². The summed E-state index contributed by atoms with van der Waals surface area (Å²) in [4.78, 5) is 36.8. The molecule has 2 aliphatic rings. The minimum atomic E-state index is -3.69. The van der Waals surface area contributed by atoms with E-state index in [1.807, 2.05) is 6.92 Å². The Bertz CT molecular complexity index is 1200. The zero-order chi connectivity index (χ0) is 23.8. The number of hydrogen-bond donors (Lipinski definition) is 2. The summed E-state index contributed by atoms with van der Waals surface area (Å²) in [5.41, 5.74) is 0.453. The topological polar surface area (TPSA) is 126 Å². The van der Waals surface area contributed by atoms with Gasteiger partial charge in [-0.05, 0) is 50.3 Å². The third-order valence-electron chi connectivity index (χ3n) is 6.54. The summed E-state index contributed by atoms with van der Waals surface area (Å²) in [5.74, 6) is -1.07. The van der Waals surface area contributed by atoms with Gasteiger partial charge in [0.05, 0.1) is 5.41 Å². The first-order valence-corrected chi connectivity index (χ1v) is 12.5. The van der Waals surface area contributed by atoms with Crippen LogP contribution in [-0.2, 0) is 25.0 Å². The second-order valence-corrected chi connectivity index (χ2v) is 10.4. The lowest BCUT2D eigenvalue weighted by molar-refractivity contribution is -0.138. The first kappa shape index (κ1) is 23.2. The second kappa shape index (κ2) is 8.75. The molecule has 1 atom stereocenters. The largest absolute Gasteiger partial charge is 0.455 e. The summed E-state index contributed by atoms with van der Waals surface area (Å²) in [5, 5.41) is 5.12. The third kappa shape index (κ3) is 4.20. The minimum absolute atomic E-state index is 0.00708. The fourth-order valence-corrected chi connectivity index (χ4v) is 6.21. The average molecular weight is 474 g/mol. The molecule has 2 fully saturated rings. The molecule has 2 aliphatic heterocycles. The number of nitrogens with zero attached hydrogens (tertiary/aromatic N) is 1. The van der Waals surface area contributed by atoms with Crippen LogP contribution in [0.3, 0.4) is 0 Å². The Hall–Kier alpha value is -2.98. The number of imide groups is 1. The summed E-state index contributed by atoms with van der Waals surface area (Å²) in [6, 6.07) is 8.12. The SMILES string of the molecule is CCC1(c2ccc(NC(=O)c3cc(S(=O)(=O)N4CCCC4)c(C)o3)cc2)CCC(=O)NC1=O. The van der Waals surface area contributed by atoms with Crippen LogP contribution >= 0.6 is 0 Å². The molecule has 1 aromatic heterocycles. The van der Waals surface area contributed by atoms with Crippen molar-refractivity contribution in [2.24, 2.45) is 0 Å². The summed E-state index contributed by atoms with van der Waals surface area (Å²) in [6.45, 7) is 4.36. The summed E-state index contributed by atoms with van der Waals surface area (Å²) in [6.07, 6.45) is 2.88. The lowest BCUT2D eigenvalue weighted by Gasteiger charge is -2.35. The quantitative estimate of drug-likeness (QED) is 0.622. The molecule has 0 radical (unpaired) electrons. The van der Waals surface area contributed by atoms with Crippen molar-refractivity contribution in [2.75, 3.05) is 18.4 Å². The molecule has 176 valence electrons. The van der Waals surface area contributed by atoms with Crippen molar-refractivity contribution in [2.45, 2.75) is 56.3 Å². The Morgan fingerprint density at radius 1 is 1.18 bits per heavy atom. The fraction of sp³-hybridized carbons (Fsp3) is 0.435. The van der Waals surface area contributed by atoms with Gasteiger partial charge in [0.1, 0.15) is 10.7 Å². The van der Waals surface area contributed by atoms with Crippen LogP contribution in [0.2, 0.25) is 0 Å². The van der Waals surface area contributed by atoms with E-state index in [0.29, 0.717) is 31.6 Å². The highest BCUT2D eigenvalue weighted by molar-refractivity contribution is 7.89. The van der Waals surface area contributed by atoms with Gasteiger partial charge < -0.3 is 9.73 Å². The van der Waals surface area contributed by atoms with Crippen molar-refractivity contribution in [3.8, 4) is 0 Å². The number of furan rings is 1. The number of benzene rings is 1. The Kier molecular flexibility index (Phi) is 6.15. The molecule has 4 rings (SSSR count). The molecule has 0 saturated carbocycles. The van der Waals surface area contributed by atoms with E-state index in [4.69, 9.17) is 4.42 Å². The molecular formula is C23H27N3O6S. The van der Waals surface area contributed by atoms with Crippen LogP contribution in [0.15, 0.2) is 39.6 Å². The lowest BCUT2D eigenvalue weighted by atomic mass is 9.72. The van der Waals surface area contributed by atoms with E-state index >= 15 is 0 Å². The number of carbonyl (C=O) groups excluding carboxylic acids is 3. The average Bonchev–Trinajstić information content (AvgIpc) is 3.46. The molecular weight excluding hydrogens is 446 g/mol. The third-order valence-corrected chi connectivity index (χ3v) is 8.55. The van der Waals surface area contributed by atoms with Crippen molar-refractivity contribution in [1.29, 1.82) is 0 Å². The number of sulfonamides is 1. The smallest absolute Gasteiger partial charge is 0.291 e. The van der Waals surface area contributed by atoms with Gasteiger partial charge in [0.2, 0.25) is 21.8 Å². The van der Waals surface area contributed by atoms with Crippen LogP contribution < -0.4 is 10.6 Å². The van der Waals surface area contributed by atoms with Crippen molar-refractivity contribution >= 4 is 33.4 Å². The van der Waals surface area contributed by atoms with Crippen LogP contribution in [0.25, 0.3) is 0 Å². The van der Waals surface area contributed by atoms with Gasteiger partial charge in [-0.2, -0.15) is 4.31 Å². The number of carbonyl (C=O) groups is 3. The molecule has 2 N–H and O–H groups in total. The number of piperidine rings is 1. The summed E-state index contributed by atoms with van der Waals surface area (Å²) < 4.78 is 32.5. The standard InChI is InChI=1S/C23H27N3O6S/c1-3-23(11-10-20(27)25-22(23)29)16-6-8-17(9-7-16)24-21(28)18-14-19(15(2)32-18)33(30,31)26-12-4-5-13-26/h6-9,14H,3-5,10-13H2,1-2H3,(H,24,28)(H,25,27,29). The van der Waals surface area contributed by atoms with Gasteiger partial charge in [-0.1, -0.05) is 19.1 Å². The first-order valence-electron chi connectivity index (χ1n) is 11.0. The van der Waals surface area contributed by atoms with E-state index < -0.39 is 21.3 Å². The number of rotatable bonds is 6. The van der Waals surface area contributed by atoms with E-state index in [9.17, 15) is 22.8 Å². The first-order chi connectivity index (χ1) is 15.7. The van der Waals surface area contributed by atoms with Gasteiger partial charge in [-0.15, -0.1) is 0 Å². The molecule has 10 heteroatoms. The maximum Gasteiger partial charge on any atom is 0.291 e. The Labute approximate surface area is 192 Å². The minimum Gasteiger partial charge on any atom is -0.455 e. The number of anilines is 1. The molecule has 9 nitrogen and oxygen atoms in total. The molecule has 1 aromatic carbocycles. The normalized spacial score (nSPS) is 21.8. The number of hydrogen-bond acceptors (Lipinski definition) is 6. The van der Waals surface area contributed by atoms with Crippen LogP contribution in [0, 0.1) is 6.92 Å². The van der Waals surface area contributed by atoms with Crippen LogP contribution in [-0.4, -0.2) is 43.5 Å². The van der Waals surface area contributed by atoms with Gasteiger partial charge in [0, 0.05) is 31.3 Å². The zero-order valence-corrected chi connectivity index (χ0v) is 19.5. The molecule has 33 heavy (non-hydrogen) atoms. The number of aryl methyl sites for hydroxylation is 1. The van der Waals surface area contributed by atoms with Crippen molar-refractivity contribution in [1.82, 2.24) is 9.62 Å². The second-order valence-electron chi connectivity index (χ2n) is 8.49. The zero-order valence-electron chi connectivity index (χ0n) is 18.6. The van der Waals surface area contributed by atoms with Crippen LogP contribution in [0.4, 0.5) is 5.69 Å². The fourth-order valence-electron chi connectivity index (χ4n) is 4.53. The molecule has 2 aromatic rings. The van der Waals surface area contributed by atoms with Gasteiger partial charge in [0.25, 0.3) is 5.91 Å². The van der Waals surface area contributed by atoms with Gasteiger partial charge in [0.15, 0.2) is 5.76 Å². The molecule has 1 unspecified atom stereocenters. The molecule has 2 saturated heterocycles. The summed E-state index contributed by atoms with van der Waals surface area (Å²) in [7, 11) is -3.69. The van der Waals surface area contributed by atoms with Crippen molar-refractivity contribution < 1.29 is 27.2 Å². The molecule has 0 aliphatic carbocycles. The summed E-state index contributed by atoms with van der Waals surface area (Å²) >= 11 is 0. The van der Waals surface area contributed by atoms with E-state index in [-0.39, 0.29) is 34.7 Å². The van der Waals surface area contributed by atoms with Gasteiger partial charge >= 0.3 is 0 Å². The molecule has 3 amide bonds. The van der Waals surface area contributed by atoms with Gasteiger partial charge in [-0.3, -0.25) is 19.7 Å². The van der Waals surface area contributed by atoms with E-state index in [0.717, 1.165) is 18.4 Å². The maximum atomic E-state index is 12.8. The van der Waals surface area contributed by atoms with Crippen molar-refractivity contribution in [3.63, 3.8) is 0 Å². The number of amides is 3. The van der Waals surface area contributed by atoms with E-state index in [1.165, 1.54) is 17.3 Å². The predicted octanol–water partition coefficient (Wildman–Crippen LogP) is 2.71.